The summed E-state index contributed by atoms with van der Waals surface area (Å²) in [5.74, 6) is 0. The zero-order valence-electron chi connectivity index (χ0n) is 11.9. The molecule has 1 aliphatic carbocycles. The fraction of sp³-hybridized carbons (Fsp3) is 0.786. The molecular formula is C14H26N4O. The molecule has 1 heterocycles. The molecule has 2 rings (SSSR count). The molecule has 1 aromatic rings. The molecule has 1 aliphatic rings. The first-order valence-corrected chi connectivity index (χ1v) is 7.29. The van der Waals surface area contributed by atoms with Crippen molar-refractivity contribution in [2.45, 2.75) is 38.3 Å². The highest BCUT2D eigenvalue weighted by Gasteiger charge is 2.17. The predicted molar refractivity (Wildman–Crippen MR) is 75.9 cm³/mol. The van der Waals surface area contributed by atoms with Crippen LogP contribution in [0.1, 0.15) is 37.4 Å². The van der Waals surface area contributed by atoms with Crippen LogP contribution >= 0.6 is 0 Å². The highest BCUT2D eigenvalue weighted by atomic mass is 16.5. The van der Waals surface area contributed by atoms with E-state index in [1.165, 1.54) is 25.7 Å². The lowest BCUT2D eigenvalue weighted by atomic mass is 10.3. The largest absolute Gasteiger partial charge is 0.383 e. The summed E-state index contributed by atoms with van der Waals surface area (Å²) >= 11 is 0. The van der Waals surface area contributed by atoms with Crippen LogP contribution in [-0.2, 0) is 11.3 Å². The summed E-state index contributed by atoms with van der Waals surface area (Å²) in [6, 6.07) is 2.75. The van der Waals surface area contributed by atoms with Crippen molar-refractivity contribution >= 4 is 0 Å². The van der Waals surface area contributed by atoms with Crippen LogP contribution in [0.25, 0.3) is 0 Å². The zero-order chi connectivity index (χ0) is 13.5. The first kappa shape index (κ1) is 14.5. The molecular weight excluding hydrogens is 240 g/mol. The summed E-state index contributed by atoms with van der Waals surface area (Å²) in [4.78, 5) is 2.30. The Morgan fingerprint density at radius 1 is 1.42 bits per heavy atom. The standard InChI is InChI=1S/C14H26N4O/c1-19-11-10-17(9-7-15)12-13-6-8-18(16-13)14-4-2-3-5-14/h6,8,14H,2-5,7,9-12,15H2,1H3. The maximum atomic E-state index is 5.65. The molecule has 0 saturated heterocycles. The topological polar surface area (TPSA) is 56.3 Å². The third-order valence-electron chi connectivity index (χ3n) is 3.80. The minimum Gasteiger partial charge on any atom is -0.383 e. The van der Waals surface area contributed by atoms with Crippen LogP contribution in [0.2, 0.25) is 0 Å². The fourth-order valence-electron chi connectivity index (χ4n) is 2.74. The molecule has 0 amide bonds. The second kappa shape index (κ2) is 7.62. The minimum absolute atomic E-state index is 0.621. The Morgan fingerprint density at radius 2 is 2.21 bits per heavy atom. The average molecular weight is 266 g/mol. The van der Waals surface area contributed by atoms with Gasteiger partial charge >= 0.3 is 0 Å². The molecule has 5 nitrogen and oxygen atoms in total. The smallest absolute Gasteiger partial charge is 0.0764 e. The molecule has 1 fully saturated rings. The summed E-state index contributed by atoms with van der Waals surface area (Å²) in [6.07, 6.45) is 7.36. The van der Waals surface area contributed by atoms with Gasteiger partial charge in [0, 0.05) is 39.5 Å². The van der Waals surface area contributed by atoms with Crippen LogP contribution in [0.4, 0.5) is 0 Å². The van der Waals surface area contributed by atoms with Gasteiger partial charge in [-0.3, -0.25) is 9.58 Å². The Bertz CT molecular complexity index is 360. The molecule has 0 aromatic carbocycles. The van der Waals surface area contributed by atoms with Gasteiger partial charge in [0.05, 0.1) is 18.3 Å². The highest BCUT2D eigenvalue weighted by Crippen LogP contribution is 2.28. The number of hydrogen-bond donors (Lipinski definition) is 1. The van der Waals surface area contributed by atoms with Gasteiger partial charge in [-0.2, -0.15) is 5.10 Å². The molecule has 19 heavy (non-hydrogen) atoms. The average Bonchev–Trinajstić information content (AvgIpc) is 3.06. The summed E-state index contributed by atoms with van der Waals surface area (Å²) < 4.78 is 7.29. The van der Waals surface area contributed by atoms with Crippen molar-refractivity contribution in [1.82, 2.24) is 14.7 Å². The van der Waals surface area contributed by atoms with Crippen LogP contribution in [-0.4, -0.2) is 48.0 Å². The Morgan fingerprint density at radius 3 is 2.89 bits per heavy atom. The normalized spacial score (nSPS) is 16.6. The van der Waals surface area contributed by atoms with Crippen molar-refractivity contribution in [2.75, 3.05) is 33.4 Å². The summed E-state index contributed by atoms with van der Waals surface area (Å²) in [6.45, 7) is 4.07. The number of aromatic nitrogens is 2. The SMILES string of the molecule is COCCN(CCN)Cc1ccn(C2CCCC2)n1. The van der Waals surface area contributed by atoms with E-state index in [2.05, 4.69) is 21.8 Å². The van der Waals surface area contributed by atoms with E-state index < -0.39 is 0 Å². The van der Waals surface area contributed by atoms with Gasteiger partial charge in [0.15, 0.2) is 0 Å². The first-order valence-electron chi connectivity index (χ1n) is 7.29. The Kier molecular flexibility index (Phi) is 5.82. The van der Waals surface area contributed by atoms with Crippen LogP contribution in [0.3, 0.4) is 0 Å². The molecule has 2 N–H and O–H groups in total. The number of methoxy groups -OCH3 is 1. The first-order chi connectivity index (χ1) is 9.33. The lowest BCUT2D eigenvalue weighted by Gasteiger charge is -2.19. The number of nitrogens with two attached hydrogens (primary N) is 1. The minimum atomic E-state index is 0.621. The third-order valence-corrected chi connectivity index (χ3v) is 3.80. The summed E-state index contributed by atoms with van der Waals surface area (Å²) in [5, 5.41) is 4.72. The second-order valence-electron chi connectivity index (χ2n) is 5.28. The summed E-state index contributed by atoms with van der Waals surface area (Å²) in [5.41, 5.74) is 6.79. The molecule has 108 valence electrons. The van der Waals surface area contributed by atoms with Crippen LogP contribution in [0.5, 0.6) is 0 Å². The Balaban J connectivity index is 1.89. The van der Waals surface area contributed by atoms with Gasteiger partial charge in [-0.25, -0.2) is 0 Å². The predicted octanol–water partition coefficient (Wildman–Crippen LogP) is 1.41. The lowest BCUT2D eigenvalue weighted by Crippen LogP contribution is -2.32. The highest BCUT2D eigenvalue weighted by molar-refractivity contribution is 5.00. The van der Waals surface area contributed by atoms with E-state index in [4.69, 9.17) is 15.6 Å². The van der Waals surface area contributed by atoms with Gasteiger partial charge in [0.25, 0.3) is 0 Å². The molecule has 0 unspecified atom stereocenters. The van der Waals surface area contributed by atoms with Gasteiger partial charge in [0.2, 0.25) is 0 Å². The van der Waals surface area contributed by atoms with E-state index in [9.17, 15) is 0 Å². The zero-order valence-corrected chi connectivity index (χ0v) is 11.9. The van der Waals surface area contributed by atoms with E-state index >= 15 is 0 Å². The molecule has 0 aliphatic heterocycles. The van der Waals surface area contributed by atoms with E-state index in [-0.39, 0.29) is 0 Å². The number of hydrogen-bond acceptors (Lipinski definition) is 4. The van der Waals surface area contributed by atoms with Crippen molar-refractivity contribution < 1.29 is 4.74 Å². The van der Waals surface area contributed by atoms with E-state index in [1.54, 1.807) is 7.11 Å². The van der Waals surface area contributed by atoms with Crippen LogP contribution < -0.4 is 5.73 Å². The number of nitrogens with zero attached hydrogens (tertiary/aromatic N) is 3. The second-order valence-corrected chi connectivity index (χ2v) is 5.28. The monoisotopic (exact) mass is 266 g/mol. The Hall–Kier alpha value is -0.910. The molecule has 5 heteroatoms. The molecule has 1 aromatic heterocycles. The van der Waals surface area contributed by atoms with Crippen molar-refractivity contribution in [2.24, 2.45) is 5.73 Å². The van der Waals surface area contributed by atoms with Crippen LogP contribution in [0, 0.1) is 0 Å². The van der Waals surface area contributed by atoms with Gasteiger partial charge in [-0.1, -0.05) is 12.8 Å². The molecule has 0 atom stereocenters. The van der Waals surface area contributed by atoms with E-state index in [1.807, 2.05) is 0 Å². The van der Waals surface area contributed by atoms with E-state index in [0.29, 0.717) is 12.6 Å². The number of rotatable bonds is 8. The van der Waals surface area contributed by atoms with Crippen LogP contribution in [0.15, 0.2) is 12.3 Å². The number of ether oxygens (including phenoxy) is 1. The maximum Gasteiger partial charge on any atom is 0.0764 e. The molecule has 0 bridgehead atoms. The van der Waals surface area contributed by atoms with E-state index in [0.717, 1.165) is 31.9 Å². The van der Waals surface area contributed by atoms with Gasteiger partial charge in [0.1, 0.15) is 0 Å². The molecule has 0 spiro atoms. The van der Waals surface area contributed by atoms with Gasteiger partial charge in [-0.05, 0) is 18.9 Å². The van der Waals surface area contributed by atoms with Gasteiger partial charge in [-0.15, -0.1) is 0 Å². The Labute approximate surface area is 115 Å². The van der Waals surface area contributed by atoms with Gasteiger partial charge < -0.3 is 10.5 Å². The summed E-state index contributed by atoms with van der Waals surface area (Å²) in [7, 11) is 1.73. The molecule has 1 saturated carbocycles. The molecule has 0 radical (unpaired) electrons. The fourth-order valence-corrected chi connectivity index (χ4v) is 2.74. The van der Waals surface area contributed by atoms with Crippen molar-refractivity contribution in [3.05, 3.63) is 18.0 Å². The van der Waals surface area contributed by atoms with Crippen molar-refractivity contribution in [1.29, 1.82) is 0 Å². The lowest BCUT2D eigenvalue weighted by molar-refractivity contribution is 0.145. The third kappa shape index (κ3) is 4.30. The van der Waals surface area contributed by atoms with Crippen molar-refractivity contribution in [3.8, 4) is 0 Å². The van der Waals surface area contributed by atoms with Crippen molar-refractivity contribution in [3.63, 3.8) is 0 Å². The maximum absolute atomic E-state index is 5.65. The quantitative estimate of drug-likeness (QED) is 0.773.